The third-order valence-electron chi connectivity index (χ3n) is 4.62. The van der Waals surface area contributed by atoms with Gasteiger partial charge in [0, 0.05) is 10.0 Å². The summed E-state index contributed by atoms with van der Waals surface area (Å²) in [6.07, 6.45) is 2.80. The molecule has 1 aliphatic carbocycles. The molecule has 120 valence electrons. The van der Waals surface area contributed by atoms with E-state index in [1.807, 2.05) is 24.3 Å². The van der Waals surface area contributed by atoms with Gasteiger partial charge in [0.25, 0.3) is 0 Å². The summed E-state index contributed by atoms with van der Waals surface area (Å²) in [5.74, 6) is -0.256. The topological polar surface area (TPSA) is 26.3 Å². The van der Waals surface area contributed by atoms with Gasteiger partial charge in [0.2, 0.25) is 0 Å². The molecule has 0 saturated heterocycles. The summed E-state index contributed by atoms with van der Waals surface area (Å²) in [5.41, 5.74) is 3.07. The Morgan fingerprint density at radius 2 is 1.79 bits per heavy atom. The van der Waals surface area contributed by atoms with Crippen LogP contribution in [-0.2, 0) is 11.2 Å². The molecule has 0 spiro atoms. The molecule has 3 aromatic carbocycles. The second-order valence-corrected chi connectivity index (χ2v) is 7.07. The van der Waals surface area contributed by atoms with E-state index in [2.05, 4.69) is 40.2 Å². The fraction of sp³-hybridized carbons (Fsp3) is 0.190. The van der Waals surface area contributed by atoms with E-state index in [4.69, 9.17) is 4.74 Å². The molecule has 0 amide bonds. The van der Waals surface area contributed by atoms with Crippen LogP contribution in [0.1, 0.15) is 40.4 Å². The maximum Gasteiger partial charge on any atom is 0.338 e. The van der Waals surface area contributed by atoms with E-state index in [0.717, 1.165) is 23.7 Å². The third kappa shape index (κ3) is 2.84. The van der Waals surface area contributed by atoms with Crippen molar-refractivity contribution in [2.75, 3.05) is 0 Å². The number of hydrogen-bond donors (Lipinski definition) is 0. The highest BCUT2D eigenvalue weighted by Gasteiger charge is 2.26. The molecule has 0 radical (unpaired) electrons. The van der Waals surface area contributed by atoms with Crippen LogP contribution in [-0.4, -0.2) is 5.97 Å². The van der Waals surface area contributed by atoms with Crippen LogP contribution in [0.2, 0.25) is 0 Å². The van der Waals surface area contributed by atoms with Gasteiger partial charge in [0.05, 0.1) is 5.56 Å². The normalized spacial score (nSPS) is 16.6. The summed E-state index contributed by atoms with van der Waals surface area (Å²) in [6.45, 7) is 0. The maximum atomic E-state index is 12.5. The highest BCUT2D eigenvalue weighted by atomic mass is 79.9. The predicted molar refractivity (Wildman–Crippen MR) is 99.2 cm³/mol. The number of carbonyl (C=O) groups is 1. The van der Waals surface area contributed by atoms with Crippen LogP contribution in [0.5, 0.6) is 0 Å². The largest absolute Gasteiger partial charge is 0.454 e. The monoisotopic (exact) mass is 380 g/mol. The third-order valence-corrected chi connectivity index (χ3v) is 5.15. The Morgan fingerprint density at radius 3 is 2.62 bits per heavy atom. The Morgan fingerprint density at radius 1 is 1.00 bits per heavy atom. The van der Waals surface area contributed by atoms with Crippen molar-refractivity contribution in [3.63, 3.8) is 0 Å². The van der Waals surface area contributed by atoms with Gasteiger partial charge in [-0.2, -0.15) is 0 Å². The van der Waals surface area contributed by atoms with Gasteiger partial charge in [-0.15, -0.1) is 0 Å². The van der Waals surface area contributed by atoms with Crippen molar-refractivity contribution in [1.82, 2.24) is 0 Å². The molecule has 0 heterocycles. The molecule has 2 nitrogen and oxygen atoms in total. The first-order valence-electron chi connectivity index (χ1n) is 8.19. The fourth-order valence-corrected chi connectivity index (χ4v) is 3.73. The van der Waals surface area contributed by atoms with Gasteiger partial charge in [-0.1, -0.05) is 52.3 Å². The zero-order valence-electron chi connectivity index (χ0n) is 13.2. The highest BCUT2D eigenvalue weighted by Crippen LogP contribution is 2.38. The highest BCUT2D eigenvalue weighted by molar-refractivity contribution is 9.10. The molecule has 1 atom stereocenters. The van der Waals surface area contributed by atoms with Crippen LogP contribution < -0.4 is 0 Å². The van der Waals surface area contributed by atoms with Crippen molar-refractivity contribution in [1.29, 1.82) is 0 Å². The maximum absolute atomic E-state index is 12.5. The number of halogens is 1. The molecule has 24 heavy (non-hydrogen) atoms. The van der Waals surface area contributed by atoms with Crippen LogP contribution in [0, 0.1) is 0 Å². The smallest absolute Gasteiger partial charge is 0.338 e. The number of hydrogen-bond acceptors (Lipinski definition) is 2. The average molecular weight is 381 g/mol. The molecular formula is C21H17BrO2. The Labute approximate surface area is 149 Å². The molecule has 0 saturated carbocycles. The molecule has 3 heteroatoms. The van der Waals surface area contributed by atoms with E-state index in [9.17, 15) is 4.79 Å². The minimum atomic E-state index is -0.256. The van der Waals surface area contributed by atoms with Crippen LogP contribution in [0.25, 0.3) is 10.8 Å². The molecule has 0 bridgehead atoms. The van der Waals surface area contributed by atoms with Crippen molar-refractivity contribution in [2.24, 2.45) is 0 Å². The fourth-order valence-electron chi connectivity index (χ4n) is 3.46. The summed E-state index contributed by atoms with van der Waals surface area (Å²) in [4.78, 5) is 12.5. The Bertz CT molecular complexity index is 899. The van der Waals surface area contributed by atoms with Crippen LogP contribution in [0.3, 0.4) is 0 Å². The second-order valence-electron chi connectivity index (χ2n) is 6.15. The van der Waals surface area contributed by atoms with E-state index in [-0.39, 0.29) is 12.1 Å². The van der Waals surface area contributed by atoms with E-state index in [1.54, 1.807) is 12.1 Å². The van der Waals surface area contributed by atoms with E-state index in [0.29, 0.717) is 5.56 Å². The van der Waals surface area contributed by atoms with Gasteiger partial charge in [0.15, 0.2) is 0 Å². The quantitative estimate of drug-likeness (QED) is 0.522. The van der Waals surface area contributed by atoms with Crippen molar-refractivity contribution in [3.8, 4) is 0 Å². The van der Waals surface area contributed by atoms with Crippen molar-refractivity contribution in [2.45, 2.75) is 25.4 Å². The summed E-state index contributed by atoms with van der Waals surface area (Å²) < 4.78 is 6.85. The lowest BCUT2D eigenvalue weighted by atomic mass is 9.85. The number of carbonyl (C=O) groups excluding carboxylic acids is 1. The van der Waals surface area contributed by atoms with Crippen molar-refractivity contribution >= 4 is 32.7 Å². The SMILES string of the molecule is O=C(O[C@H]1CCCc2ccc3ccccc3c21)c1ccc(Br)cc1. The first kappa shape index (κ1) is 15.4. The zero-order chi connectivity index (χ0) is 16.5. The van der Waals surface area contributed by atoms with Crippen LogP contribution >= 0.6 is 15.9 Å². The van der Waals surface area contributed by atoms with Crippen molar-refractivity contribution in [3.05, 3.63) is 81.8 Å². The number of rotatable bonds is 2. The Hall–Kier alpha value is -2.13. The average Bonchev–Trinajstić information content (AvgIpc) is 2.62. The standard InChI is InChI=1S/C21H17BrO2/c22-17-12-10-16(11-13-17)21(23)24-19-7-3-5-15-9-8-14-4-1-2-6-18(14)20(15)19/h1-2,4,6,8-13,19H,3,5,7H2/t19-/m0/s1. The van der Waals surface area contributed by atoms with Gasteiger partial charge < -0.3 is 4.74 Å². The zero-order valence-corrected chi connectivity index (χ0v) is 14.8. The molecule has 4 rings (SSSR count). The van der Waals surface area contributed by atoms with E-state index in [1.165, 1.54) is 21.9 Å². The summed E-state index contributed by atoms with van der Waals surface area (Å²) in [7, 11) is 0. The molecular weight excluding hydrogens is 364 g/mol. The van der Waals surface area contributed by atoms with Gasteiger partial charge in [-0.25, -0.2) is 4.79 Å². The molecule has 0 N–H and O–H groups in total. The summed E-state index contributed by atoms with van der Waals surface area (Å²) >= 11 is 3.39. The van der Waals surface area contributed by atoms with E-state index >= 15 is 0 Å². The lowest BCUT2D eigenvalue weighted by Crippen LogP contribution is -2.17. The summed E-state index contributed by atoms with van der Waals surface area (Å²) in [6, 6.07) is 20.0. The number of ether oxygens (including phenoxy) is 1. The molecule has 0 unspecified atom stereocenters. The molecule has 1 aliphatic rings. The Kier molecular flexibility index (Phi) is 4.11. The Balaban J connectivity index is 1.70. The summed E-state index contributed by atoms with van der Waals surface area (Å²) in [5, 5.41) is 2.39. The molecule has 0 fully saturated rings. The first-order valence-corrected chi connectivity index (χ1v) is 8.99. The number of benzene rings is 3. The van der Waals surface area contributed by atoms with Gasteiger partial charge >= 0.3 is 5.97 Å². The predicted octanol–water partition coefficient (Wildman–Crippen LogP) is 5.84. The molecule has 3 aromatic rings. The van der Waals surface area contributed by atoms with Gasteiger partial charge in [-0.05, 0) is 59.9 Å². The second kappa shape index (κ2) is 6.40. The minimum Gasteiger partial charge on any atom is -0.454 e. The van der Waals surface area contributed by atoms with E-state index < -0.39 is 0 Å². The van der Waals surface area contributed by atoms with Crippen LogP contribution in [0.4, 0.5) is 0 Å². The molecule has 0 aromatic heterocycles. The number of aryl methyl sites for hydroxylation is 1. The van der Waals surface area contributed by atoms with Gasteiger partial charge in [-0.3, -0.25) is 0 Å². The van der Waals surface area contributed by atoms with Crippen LogP contribution in [0.15, 0.2) is 65.1 Å². The van der Waals surface area contributed by atoms with Gasteiger partial charge in [0.1, 0.15) is 6.10 Å². The lowest BCUT2D eigenvalue weighted by Gasteiger charge is -2.27. The van der Waals surface area contributed by atoms with Crippen molar-refractivity contribution < 1.29 is 9.53 Å². The number of fused-ring (bicyclic) bond motifs is 3. The number of esters is 1. The molecule has 0 aliphatic heterocycles. The lowest BCUT2D eigenvalue weighted by molar-refractivity contribution is 0.0260. The first-order chi connectivity index (χ1) is 11.7. The minimum absolute atomic E-state index is 0.170.